The minimum atomic E-state index is -0.935. The molecule has 2 atom stereocenters. The first-order valence-electron chi connectivity index (χ1n) is 5.42. The van der Waals surface area contributed by atoms with E-state index in [4.69, 9.17) is 5.11 Å². The maximum atomic E-state index is 12.0. The van der Waals surface area contributed by atoms with Gasteiger partial charge in [0.15, 0.2) is 0 Å². The number of nitrogens with zero attached hydrogens (tertiary/aromatic N) is 1. The Hall–Kier alpha value is -1.36. The number of aliphatic carboxylic acids is 1. The summed E-state index contributed by atoms with van der Waals surface area (Å²) < 4.78 is 0. The third kappa shape index (κ3) is 3.56. The first-order chi connectivity index (χ1) is 7.93. The highest BCUT2D eigenvalue weighted by molar-refractivity contribution is 7.07. The van der Waals surface area contributed by atoms with E-state index in [-0.39, 0.29) is 5.91 Å². The van der Waals surface area contributed by atoms with Gasteiger partial charge >= 0.3 is 5.97 Å². The highest BCUT2D eigenvalue weighted by Crippen LogP contribution is 2.16. The fourth-order valence-corrected chi connectivity index (χ4v) is 2.17. The Morgan fingerprint density at radius 1 is 1.41 bits per heavy atom. The summed E-state index contributed by atoms with van der Waals surface area (Å²) in [5, 5.41) is 12.8. The largest absolute Gasteiger partial charge is 0.481 e. The third-order valence-electron chi connectivity index (χ3n) is 2.91. The maximum absolute atomic E-state index is 12.0. The number of rotatable bonds is 5. The summed E-state index contributed by atoms with van der Waals surface area (Å²) in [5.41, 5.74) is 1.07. The van der Waals surface area contributed by atoms with Gasteiger partial charge in [0.05, 0.1) is 5.92 Å². The topological polar surface area (TPSA) is 57.6 Å². The minimum Gasteiger partial charge on any atom is -0.481 e. The van der Waals surface area contributed by atoms with E-state index < -0.39 is 17.8 Å². The quantitative estimate of drug-likeness (QED) is 0.876. The van der Waals surface area contributed by atoms with Crippen LogP contribution in [-0.4, -0.2) is 28.9 Å². The molecular formula is C12H17NO3S. The van der Waals surface area contributed by atoms with Gasteiger partial charge in [0, 0.05) is 19.5 Å². The molecule has 0 aliphatic carbocycles. The van der Waals surface area contributed by atoms with Crippen molar-refractivity contribution in [2.24, 2.45) is 11.8 Å². The Morgan fingerprint density at radius 2 is 2.06 bits per heavy atom. The van der Waals surface area contributed by atoms with Crippen molar-refractivity contribution in [3.05, 3.63) is 22.4 Å². The Morgan fingerprint density at radius 3 is 2.53 bits per heavy atom. The van der Waals surface area contributed by atoms with Crippen LogP contribution in [0.15, 0.2) is 16.8 Å². The summed E-state index contributed by atoms with van der Waals surface area (Å²) in [7, 11) is 1.70. The van der Waals surface area contributed by atoms with Crippen molar-refractivity contribution in [3.63, 3.8) is 0 Å². The molecular weight excluding hydrogens is 238 g/mol. The zero-order valence-electron chi connectivity index (χ0n) is 10.2. The number of carboxylic acids is 1. The van der Waals surface area contributed by atoms with Crippen molar-refractivity contribution in [2.75, 3.05) is 7.05 Å². The van der Waals surface area contributed by atoms with Crippen LogP contribution in [-0.2, 0) is 16.1 Å². The van der Waals surface area contributed by atoms with Gasteiger partial charge in [-0.05, 0) is 22.4 Å². The molecule has 0 bridgehead atoms. The first-order valence-corrected chi connectivity index (χ1v) is 6.36. The van der Waals surface area contributed by atoms with Crippen molar-refractivity contribution >= 4 is 23.2 Å². The highest BCUT2D eigenvalue weighted by Gasteiger charge is 2.27. The normalized spacial score (nSPS) is 14.1. The van der Waals surface area contributed by atoms with Gasteiger partial charge in [-0.2, -0.15) is 11.3 Å². The van der Waals surface area contributed by atoms with E-state index in [0.29, 0.717) is 6.54 Å². The predicted molar refractivity (Wildman–Crippen MR) is 66.8 cm³/mol. The number of hydrogen-bond donors (Lipinski definition) is 1. The van der Waals surface area contributed by atoms with Crippen LogP contribution in [0.5, 0.6) is 0 Å². The molecule has 0 radical (unpaired) electrons. The average molecular weight is 255 g/mol. The molecule has 1 aromatic rings. The zero-order valence-corrected chi connectivity index (χ0v) is 11.0. The number of carbonyl (C=O) groups is 2. The summed E-state index contributed by atoms with van der Waals surface area (Å²) in [6.07, 6.45) is 0. The molecule has 0 fully saturated rings. The van der Waals surface area contributed by atoms with Gasteiger partial charge in [-0.3, -0.25) is 9.59 Å². The van der Waals surface area contributed by atoms with Crippen molar-refractivity contribution in [2.45, 2.75) is 20.4 Å². The summed E-state index contributed by atoms with van der Waals surface area (Å²) in [6.45, 7) is 3.74. The smallest absolute Gasteiger partial charge is 0.307 e. The summed E-state index contributed by atoms with van der Waals surface area (Å²) >= 11 is 1.58. The summed E-state index contributed by atoms with van der Waals surface area (Å²) in [4.78, 5) is 24.4. The lowest BCUT2D eigenvalue weighted by Crippen LogP contribution is -2.36. The SMILES string of the molecule is CC(C(=O)O)C(C)C(=O)N(C)Cc1ccsc1. The molecule has 2 unspecified atom stereocenters. The molecule has 17 heavy (non-hydrogen) atoms. The first kappa shape index (κ1) is 13.7. The third-order valence-corrected chi connectivity index (χ3v) is 3.64. The second-order valence-corrected chi connectivity index (χ2v) is 5.02. The molecule has 94 valence electrons. The second kappa shape index (κ2) is 5.82. The molecule has 0 aliphatic heterocycles. The Bertz CT molecular complexity index is 388. The molecule has 4 nitrogen and oxygen atoms in total. The molecule has 1 rings (SSSR count). The van der Waals surface area contributed by atoms with E-state index in [2.05, 4.69) is 0 Å². The fourth-order valence-electron chi connectivity index (χ4n) is 1.51. The van der Waals surface area contributed by atoms with Crippen molar-refractivity contribution < 1.29 is 14.7 Å². The van der Waals surface area contributed by atoms with E-state index in [0.717, 1.165) is 5.56 Å². The van der Waals surface area contributed by atoms with Gasteiger partial charge in [-0.25, -0.2) is 0 Å². The van der Waals surface area contributed by atoms with Crippen molar-refractivity contribution in [1.82, 2.24) is 4.90 Å². The number of carbonyl (C=O) groups excluding carboxylic acids is 1. The molecule has 1 heterocycles. The Kier molecular flexibility index (Phi) is 4.69. The zero-order chi connectivity index (χ0) is 13.0. The number of hydrogen-bond acceptors (Lipinski definition) is 3. The Labute approximate surface area is 105 Å². The maximum Gasteiger partial charge on any atom is 0.307 e. The van der Waals surface area contributed by atoms with E-state index in [1.165, 1.54) is 0 Å². The number of carboxylic acid groups (broad SMARTS) is 1. The molecule has 0 spiro atoms. The van der Waals surface area contributed by atoms with Crippen molar-refractivity contribution in [3.8, 4) is 0 Å². The molecule has 5 heteroatoms. The summed E-state index contributed by atoms with van der Waals surface area (Å²) in [5.74, 6) is -2.23. The van der Waals surface area contributed by atoms with Crippen LogP contribution in [0.3, 0.4) is 0 Å². The van der Waals surface area contributed by atoms with Crippen LogP contribution in [0.2, 0.25) is 0 Å². The molecule has 1 N–H and O–H groups in total. The predicted octanol–water partition coefficient (Wildman–Crippen LogP) is 2.06. The molecule has 1 aromatic heterocycles. The lowest BCUT2D eigenvalue weighted by molar-refractivity contribution is -0.148. The lowest BCUT2D eigenvalue weighted by atomic mass is 9.95. The van der Waals surface area contributed by atoms with Gasteiger partial charge < -0.3 is 10.0 Å². The average Bonchev–Trinajstić information content (AvgIpc) is 2.78. The monoisotopic (exact) mass is 255 g/mol. The Balaban J connectivity index is 2.60. The molecule has 0 saturated carbocycles. The standard InChI is InChI=1S/C12H17NO3S/c1-8(9(2)12(15)16)11(14)13(3)6-10-4-5-17-7-10/h4-5,7-9H,6H2,1-3H3,(H,15,16). The van der Waals surface area contributed by atoms with Crippen LogP contribution >= 0.6 is 11.3 Å². The molecule has 0 saturated heterocycles. The van der Waals surface area contributed by atoms with E-state index in [9.17, 15) is 9.59 Å². The van der Waals surface area contributed by atoms with Crippen LogP contribution in [0.4, 0.5) is 0 Å². The minimum absolute atomic E-state index is 0.133. The molecule has 1 amide bonds. The number of amides is 1. The van der Waals surface area contributed by atoms with E-state index in [1.807, 2.05) is 16.8 Å². The van der Waals surface area contributed by atoms with Crippen LogP contribution in [0.1, 0.15) is 19.4 Å². The van der Waals surface area contributed by atoms with Gasteiger partial charge in [0.25, 0.3) is 0 Å². The van der Waals surface area contributed by atoms with Crippen LogP contribution < -0.4 is 0 Å². The molecule has 0 aromatic carbocycles. The summed E-state index contributed by atoms with van der Waals surface area (Å²) in [6, 6.07) is 1.96. The number of thiophene rings is 1. The van der Waals surface area contributed by atoms with Crippen LogP contribution in [0, 0.1) is 11.8 Å². The van der Waals surface area contributed by atoms with Gasteiger partial charge in [-0.1, -0.05) is 13.8 Å². The van der Waals surface area contributed by atoms with E-state index in [1.54, 1.807) is 37.1 Å². The van der Waals surface area contributed by atoms with Gasteiger partial charge in [0.1, 0.15) is 0 Å². The lowest BCUT2D eigenvalue weighted by Gasteiger charge is -2.23. The van der Waals surface area contributed by atoms with Crippen LogP contribution in [0.25, 0.3) is 0 Å². The van der Waals surface area contributed by atoms with Gasteiger partial charge in [0.2, 0.25) is 5.91 Å². The van der Waals surface area contributed by atoms with Gasteiger partial charge in [-0.15, -0.1) is 0 Å². The van der Waals surface area contributed by atoms with E-state index >= 15 is 0 Å². The fraction of sp³-hybridized carbons (Fsp3) is 0.500. The highest BCUT2D eigenvalue weighted by atomic mass is 32.1. The molecule has 0 aliphatic rings. The second-order valence-electron chi connectivity index (χ2n) is 4.24. The van der Waals surface area contributed by atoms with Crippen molar-refractivity contribution in [1.29, 1.82) is 0 Å².